The van der Waals surface area contributed by atoms with Crippen LogP contribution >= 0.6 is 0 Å². The van der Waals surface area contributed by atoms with Crippen LogP contribution in [0.15, 0.2) is 6.07 Å². The second-order valence-corrected chi connectivity index (χ2v) is 6.51. The number of hydrogen-bond acceptors (Lipinski definition) is 5. The fourth-order valence-corrected chi connectivity index (χ4v) is 2.24. The van der Waals surface area contributed by atoms with Crippen LogP contribution in [0.4, 0.5) is 11.8 Å². The van der Waals surface area contributed by atoms with Crippen molar-refractivity contribution in [2.75, 3.05) is 50.0 Å². The number of anilines is 2. The van der Waals surface area contributed by atoms with Crippen molar-refractivity contribution in [3.63, 3.8) is 0 Å². The first-order valence-corrected chi connectivity index (χ1v) is 7.47. The predicted octanol–water partition coefficient (Wildman–Crippen LogP) is 1.96. The van der Waals surface area contributed by atoms with Crippen LogP contribution < -0.4 is 10.2 Å². The lowest BCUT2D eigenvalue weighted by Gasteiger charge is -2.33. The first kappa shape index (κ1) is 15.0. The molecule has 1 aliphatic heterocycles. The molecule has 0 radical (unpaired) electrons. The molecule has 2 rings (SSSR count). The van der Waals surface area contributed by atoms with Gasteiger partial charge in [-0.05, 0) is 14.0 Å². The van der Waals surface area contributed by atoms with E-state index in [2.05, 4.69) is 60.9 Å². The monoisotopic (exact) mass is 277 g/mol. The second kappa shape index (κ2) is 5.95. The van der Waals surface area contributed by atoms with Gasteiger partial charge in [0.15, 0.2) is 0 Å². The summed E-state index contributed by atoms with van der Waals surface area (Å²) in [5.74, 6) is 1.79. The molecular weight excluding hydrogens is 250 g/mol. The lowest BCUT2D eigenvalue weighted by molar-refractivity contribution is 0.311. The average molecular weight is 277 g/mol. The van der Waals surface area contributed by atoms with E-state index >= 15 is 0 Å². The van der Waals surface area contributed by atoms with Gasteiger partial charge < -0.3 is 15.1 Å². The highest BCUT2D eigenvalue weighted by molar-refractivity contribution is 5.45. The molecular formula is C15H27N5. The van der Waals surface area contributed by atoms with Crippen LogP contribution in [-0.4, -0.2) is 54.6 Å². The van der Waals surface area contributed by atoms with E-state index in [-0.39, 0.29) is 5.41 Å². The number of likely N-dealkylation sites (N-methyl/N-ethyl adjacent to an activating group) is 1. The summed E-state index contributed by atoms with van der Waals surface area (Å²) in [6.45, 7) is 13.7. The molecule has 0 atom stereocenters. The number of aromatic nitrogens is 2. The Morgan fingerprint density at radius 1 is 1.15 bits per heavy atom. The van der Waals surface area contributed by atoms with E-state index in [1.807, 2.05) is 0 Å². The third kappa shape index (κ3) is 3.60. The predicted molar refractivity (Wildman–Crippen MR) is 84.6 cm³/mol. The van der Waals surface area contributed by atoms with Crippen LogP contribution in [0, 0.1) is 0 Å². The Morgan fingerprint density at radius 3 is 2.35 bits per heavy atom. The highest BCUT2D eigenvalue weighted by Crippen LogP contribution is 2.25. The van der Waals surface area contributed by atoms with Crippen molar-refractivity contribution in [3.05, 3.63) is 11.8 Å². The van der Waals surface area contributed by atoms with E-state index in [1.165, 1.54) is 0 Å². The fraction of sp³-hybridized carbons (Fsp3) is 0.733. The molecule has 0 amide bonds. The molecule has 0 unspecified atom stereocenters. The maximum absolute atomic E-state index is 4.79. The quantitative estimate of drug-likeness (QED) is 0.915. The molecule has 1 aromatic rings. The van der Waals surface area contributed by atoms with E-state index in [0.29, 0.717) is 0 Å². The largest absolute Gasteiger partial charge is 0.370 e. The minimum Gasteiger partial charge on any atom is -0.370 e. The number of nitrogens with one attached hydrogen (secondary N) is 1. The second-order valence-electron chi connectivity index (χ2n) is 6.51. The topological polar surface area (TPSA) is 44.3 Å². The van der Waals surface area contributed by atoms with Gasteiger partial charge in [0.2, 0.25) is 5.95 Å². The molecule has 112 valence electrons. The van der Waals surface area contributed by atoms with Crippen molar-refractivity contribution in [1.82, 2.24) is 14.9 Å². The van der Waals surface area contributed by atoms with Crippen LogP contribution in [0.5, 0.6) is 0 Å². The van der Waals surface area contributed by atoms with Crippen LogP contribution in [0.1, 0.15) is 33.4 Å². The number of hydrogen-bond donors (Lipinski definition) is 1. The standard InChI is InChI=1S/C15H27N5/c1-6-16-13-11-12(15(2,3)4)17-14(18-13)20-9-7-19(5)8-10-20/h11H,6-10H2,1-5H3,(H,16,17,18). The first-order valence-electron chi connectivity index (χ1n) is 7.47. The Bertz CT molecular complexity index is 444. The van der Waals surface area contributed by atoms with E-state index in [0.717, 1.165) is 50.2 Å². The van der Waals surface area contributed by atoms with Crippen LogP contribution in [0.25, 0.3) is 0 Å². The zero-order chi connectivity index (χ0) is 14.8. The highest BCUT2D eigenvalue weighted by Gasteiger charge is 2.22. The third-order valence-electron chi connectivity index (χ3n) is 3.63. The Morgan fingerprint density at radius 2 is 1.80 bits per heavy atom. The van der Waals surface area contributed by atoms with Crippen molar-refractivity contribution in [3.8, 4) is 0 Å². The first-order chi connectivity index (χ1) is 9.40. The summed E-state index contributed by atoms with van der Waals surface area (Å²) < 4.78 is 0. The van der Waals surface area contributed by atoms with Gasteiger partial charge in [-0.15, -0.1) is 0 Å². The van der Waals surface area contributed by atoms with E-state index in [4.69, 9.17) is 4.98 Å². The van der Waals surface area contributed by atoms with E-state index in [9.17, 15) is 0 Å². The normalized spacial score (nSPS) is 17.4. The minimum absolute atomic E-state index is 0.0362. The smallest absolute Gasteiger partial charge is 0.227 e. The van der Waals surface area contributed by atoms with Gasteiger partial charge >= 0.3 is 0 Å². The molecule has 0 saturated carbocycles. The summed E-state index contributed by atoms with van der Waals surface area (Å²) in [6.07, 6.45) is 0. The molecule has 0 aromatic carbocycles. The molecule has 0 aliphatic carbocycles. The summed E-state index contributed by atoms with van der Waals surface area (Å²) in [4.78, 5) is 14.1. The Kier molecular flexibility index (Phi) is 4.48. The van der Waals surface area contributed by atoms with Crippen molar-refractivity contribution < 1.29 is 0 Å². The van der Waals surface area contributed by atoms with Gasteiger partial charge in [-0.1, -0.05) is 20.8 Å². The average Bonchev–Trinajstić information content (AvgIpc) is 2.38. The molecule has 2 heterocycles. The molecule has 1 aliphatic rings. The molecule has 1 N–H and O–H groups in total. The lowest BCUT2D eigenvalue weighted by atomic mass is 9.92. The van der Waals surface area contributed by atoms with Crippen LogP contribution in [-0.2, 0) is 5.41 Å². The van der Waals surface area contributed by atoms with Crippen molar-refractivity contribution in [2.24, 2.45) is 0 Å². The van der Waals surface area contributed by atoms with Crippen molar-refractivity contribution >= 4 is 11.8 Å². The maximum atomic E-state index is 4.79. The summed E-state index contributed by atoms with van der Waals surface area (Å²) in [5, 5.41) is 3.32. The van der Waals surface area contributed by atoms with Gasteiger partial charge in [-0.25, -0.2) is 4.98 Å². The third-order valence-corrected chi connectivity index (χ3v) is 3.63. The van der Waals surface area contributed by atoms with Gasteiger partial charge in [-0.3, -0.25) is 0 Å². The molecule has 1 saturated heterocycles. The SMILES string of the molecule is CCNc1cc(C(C)(C)C)nc(N2CCN(C)CC2)n1. The van der Waals surface area contributed by atoms with Gasteiger partial charge in [0.25, 0.3) is 0 Å². The van der Waals surface area contributed by atoms with Crippen molar-refractivity contribution in [2.45, 2.75) is 33.1 Å². The van der Waals surface area contributed by atoms with Gasteiger partial charge in [0.1, 0.15) is 5.82 Å². The van der Waals surface area contributed by atoms with Gasteiger partial charge in [0.05, 0.1) is 5.69 Å². The molecule has 5 heteroatoms. The van der Waals surface area contributed by atoms with E-state index < -0.39 is 0 Å². The number of nitrogens with zero attached hydrogens (tertiary/aromatic N) is 4. The fourth-order valence-electron chi connectivity index (χ4n) is 2.24. The van der Waals surface area contributed by atoms with Gasteiger partial charge in [-0.2, -0.15) is 4.98 Å². The highest BCUT2D eigenvalue weighted by atomic mass is 15.3. The zero-order valence-electron chi connectivity index (χ0n) is 13.4. The number of rotatable bonds is 3. The van der Waals surface area contributed by atoms with E-state index in [1.54, 1.807) is 0 Å². The summed E-state index contributed by atoms with van der Waals surface area (Å²) >= 11 is 0. The lowest BCUT2D eigenvalue weighted by Crippen LogP contribution is -2.45. The molecule has 1 fully saturated rings. The Balaban J connectivity index is 2.29. The Labute approximate surface area is 122 Å². The summed E-state index contributed by atoms with van der Waals surface area (Å²) in [7, 11) is 2.16. The maximum Gasteiger partial charge on any atom is 0.227 e. The van der Waals surface area contributed by atoms with Crippen LogP contribution in [0.2, 0.25) is 0 Å². The van der Waals surface area contributed by atoms with Crippen LogP contribution in [0.3, 0.4) is 0 Å². The summed E-state index contributed by atoms with van der Waals surface area (Å²) in [5.41, 5.74) is 1.13. The number of piperazine rings is 1. The molecule has 0 bridgehead atoms. The van der Waals surface area contributed by atoms with Gasteiger partial charge in [0, 0.05) is 44.2 Å². The Hall–Kier alpha value is -1.36. The van der Waals surface area contributed by atoms with Crippen molar-refractivity contribution in [1.29, 1.82) is 0 Å². The molecule has 20 heavy (non-hydrogen) atoms. The summed E-state index contributed by atoms with van der Waals surface area (Å²) in [6, 6.07) is 2.07. The zero-order valence-corrected chi connectivity index (χ0v) is 13.4. The minimum atomic E-state index is 0.0362. The molecule has 1 aromatic heterocycles. The molecule has 0 spiro atoms. The molecule has 5 nitrogen and oxygen atoms in total.